The van der Waals surface area contributed by atoms with E-state index in [-0.39, 0.29) is 11.9 Å². The van der Waals surface area contributed by atoms with Crippen LogP contribution < -0.4 is 5.32 Å². The lowest BCUT2D eigenvalue weighted by molar-refractivity contribution is 0.0874. The van der Waals surface area contributed by atoms with Crippen LogP contribution in [0, 0.1) is 13.8 Å². The molecule has 2 heterocycles. The molecule has 1 aliphatic carbocycles. The van der Waals surface area contributed by atoms with Crippen LogP contribution in [0.25, 0.3) is 5.65 Å². The number of nitrogens with zero attached hydrogens (tertiary/aromatic N) is 3. The number of nitrogens with one attached hydrogen (secondary N) is 1. The normalized spacial score (nSPS) is 22.4. The number of amides is 1. The summed E-state index contributed by atoms with van der Waals surface area (Å²) in [6, 6.07) is 1.76. The Bertz CT molecular complexity index is 664. The molecule has 106 valence electrons. The summed E-state index contributed by atoms with van der Waals surface area (Å²) >= 11 is 0. The first-order valence-corrected chi connectivity index (χ1v) is 6.87. The van der Waals surface area contributed by atoms with Gasteiger partial charge in [-0.25, -0.2) is 9.50 Å². The highest BCUT2D eigenvalue weighted by Crippen LogP contribution is 2.20. The molecule has 1 fully saturated rings. The monoisotopic (exact) mass is 274 g/mol. The van der Waals surface area contributed by atoms with E-state index in [0.717, 1.165) is 30.7 Å². The highest BCUT2D eigenvalue weighted by atomic mass is 16.3. The summed E-state index contributed by atoms with van der Waals surface area (Å²) in [7, 11) is 0. The number of fused-ring (bicyclic) bond motifs is 1. The van der Waals surface area contributed by atoms with Gasteiger partial charge in [-0.05, 0) is 39.2 Å². The van der Waals surface area contributed by atoms with E-state index in [0.29, 0.717) is 11.2 Å². The van der Waals surface area contributed by atoms with Gasteiger partial charge in [0.2, 0.25) is 0 Å². The van der Waals surface area contributed by atoms with Crippen molar-refractivity contribution in [2.24, 2.45) is 0 Å². The van der Waals surface area contributed by atoms with Gasteiger partial charge in [0, 0.05) is 11.4 Å². The quantitative estimate of drug-likeness (QED) is 0.856. The summed E-state index contributed by atoms with van der Waals surface area (Å²) in [5.74, 6) is -0.219. The second-order valence-corrected chi connectivity index (χ2v) is 5.41. The van der Waals surface area contributed by atoms with Crippen LogP contribution >= 0.6 is 0 Å². The zero-order chi connectivity index (χ0) is 14.3. The number of carbonyl (C=O) groups is 1. The Kier molecular flexibility index (Phi) is 3.17. The zero-order valence-corrected chi connectivity index (χ0v) is 11.6. The number of aromatic nitrogens is 3. The highest BCUT2D eigenvalue weighted by molar-refractivity contribution is 5.99. The Morgan fingerprint density at radius 1 is 1.45 bits per heavy atom. The molecule has 0 radical (unpaired) electrons. The van der Waals surface area contributed by atoms with Gasteiger partial charge in [0.15, 0.2) is 5.65 Å². The van der Waals surface area contributed by atoms with Crippen molar-refractivity contribution in [3.63, 3.8) is 0 Å². The zero-order valence-electron chi connectivity index (χ0n) is 11.6. The SMILES string of the molecule is Cc1cc(C)n2ncc(C(=O)NC3CCC[C@H]3O)c2n1. The highest BCUT2D eigenvalue weighted by Gasteiger charge is 2.28. The molecule has 2 N–H and O–H groups in total. The van der Waals surface area contributed by atoms with Gasteiger partial charge in [-0.2, -0.15) is 5.10 Å². The lowest BCUT2D eigenvalue weighted by Gasteiger charge is -2.15. The molecule has 6 heteroatoms. The molecular weight excluding hydrogens is 256 g/mol. The van der Waals surface area contributed by atoms with Gasteiger partial charge in [-0.1, -0.05) is 0 Å². The van der Waals surface area contributed by atoms with Crippen LogP contribution in [0.4, 0.5) is 0 Å². The molecular formula is C14H18N4O2. The van der Waals surface area contributed by atoms with Gasteiger partial charge in [-0.15, -0.1) is 0 Å². The average Bonchev–Trinajstić information content (AvgIpc) is 2.96. The number of carbonyl (C=O) groups excluding carboxylic acids is 1. The molecule has 1 unspecified atom stereocenters. The fourth-order valence-electron chi connectivity index (χ4n) is 2.79. The molecule has 1 aliphatic rings. The van der Waals surface area contributed by atoms with Gasteiger partial charge in [0.1, 0.15) is 5.56 Å². The van der Waals surface area contributed by atoms with Crippen molar-refractivity contribution in [3.05, 3.63) is 29.2 Å². The van der Waals surface area contributed by atoms with Crippen molar-refractivity contribution in [1.29, 1.82) is 0 Å². The third-order valence-corrected chi connectivity index (χ3v) is 3.82. The summed E-state index contributed by atoms with van der Waals surface area (Å²) < 4.78 is 1.66. The third-order valence-electron chi connectivity index (χ3n) is 3.82. The topological polar surface area (TPSA) is 79.5 Å². The van der Waals surface area contributed by atoms with E-state index in [1.807, 2.05) is 19.9 Å². The van der Waals surface area contributed by atoms with Gasteiger partial charge in [0.25, 0.3) is 5.91 Å². The van der Waals surface area contributed by atoms with E-state index in [1.54, 1.807) is 4.52 Å². The summed E-state index contributed by atoms with van der Waals surface area (Å²) in [4.78, 5) is 16.7. The third kappa shape index (κ3) is 2.16. The predicted molar refractivity (Wildman–Crippen MR) is 73.6 cm³/mol. The largest absolute Gasteiger partial charge is 0.391 e. The van der Waals surface area contributed by atoms with Crippen LogP contribution in [0.15, 0.2) is 12.3 Å². The van der Waals surface area contributed by atoms with Crippen molar-refractivity contribution in [2.75, 3.05) is 0 Å². The molecule has 2 aromatic heterocycles. The van der Waals surface area contributed by atoms with E-state index in [9.17, 15) is 9.90 Å². The number of aliphatic hydroxyl groups excluding tert-OH is 1. The first-order valence-electron chi connectivity index (χ1n) is 6.87. The van der Waals surface area contributed by atoms with Crippen LogP contribution in [0.2, 0.25) is 0 Å². The Balaban J connectivity index is 1.92. The molecule has 2 aromatic rings. The molecule has 2 atom stereocenters. The van der Waals surface area contributed by atoms with Crippen molar-refractivity contribution in [2.45, 2.75) is 45.3 Å². The van der Waals surface area contributed by atoms with E-state index < -0.39 is 6.10 Å². The van der Waals surface area contributed by atoms with Crippen LogP contribution in [0.3, 0.4) is 0 Å². The molecule has 0 bridgehead atoms. The number of hydrogen-bond acceptors (Lipinski definition) is 4. The molecule has 0 aliphatic heterocycles. The molecule has 1 amide bonds. The molecule has 20 heavy (non-hydrogen) atoms. The molecule has 0 spiro atoms. The van der Waals surface area contributed by atoms with E-state index in [4.69, 9.17) is 0 Å². The van der Waals surface area contributed by atoms with Crippen molar-refractivity contribution in [1.82, 2.24) is 19.9 Å². The first-order chi connectivity index (χ1) is 9.56. The van der Waals surface area contributed by atoms with Crippen molar-refractivity contribution in [3.8, 4) is 0 Å². The van der Waals surface area contributed by atoms with E-state index in [2.05, 4.69) is 15.4 Å². The van der Waals surface area contributed by atoms with E-state index >= 15 is 0 Å². The van der Waals surface area contributed by atoms with Crippen molar-refractivity contribution >= 4 is 11.6 Å². The fraction of sp³-hybridized carbons (Fsp3) is 0.500. The van der Waals surface area contributed by atoms with Gasteiger partial charge >= 0.3 is 0 Å². The lowest BCUT2D eigenvalue weighted by Crippen LogP contribution is -2.39. The Morgan fingerprint density at radius 3 is 2.95 bits per heavy atom. The van der Waals surface area contributed by atoms with Crippen LogP contribution in [0.5, 0.6) is 0 Å². The minimum absolute atomic E-state index is 0.164. The van der Waals surface area contributed by atoms with Gasteiger partial charge in [-0.3, -0.25) is 4.79 Å². The maximum Gasteiger partial charge on any atom is 0.257 e. The Labute approximate surface area is 116 Å². The smallest absolute Gasteiger partial charge is 0.257 e. The molecule has 1 saturated carbocycles. The Hall–Kier alpha value is -1.95. The van der Waals surface area contributed by atoms with Crippen LogP contribution in [-0.4, -0.2) is 37.8 Å². The number of aryl methyl sites for hydroxylation is 2. The molecule has 3 rings (SSSR count). The fourth-order valence-corrected chi connectivity index (χ4v) is 2.79. The first kappa shape index (κ1) is 13.1. The number of hydrogen-bond donors (Lipinski definition) is 2. The minimum Gasteiger partial charge on any atom is -0.391 e. The second kappa shape index (κ2) is 4.86. The summed E-state index contributed by atoms with van der Waals surface area (Å²) in [6.45, 7) is 3.82. The number of aliphatic hydroxyl groups is 1. The Morgan fingerprint density at radius 2 is 2.25 bits per heavy atom. The summed E-state index contributed by atoms with van der Waals surface area (Å²) in [5.41, 5.74) is 2.81. The summed E-state index contributed by atoms with van der Waals surface area (Å²) in [5, 5.41) is 16.9. The van der Waals surface area contributed by atoms with Gasteiger partial charge in [0.05, 0.1) is 18.3 Å². The lowest BCUT2D eigenvalue weighted by atomic mass is 10.2. The summed E-state index contributed by atoms with van der Waals surface area (Å²) in [6.07, 6.45) is 3.59. The van der Waals surface area contributed by atoms with Crippen molar-refractivity contribution < 1.29 is 9.90 Å². The second-order valence-electron chi connectivity index (χ2n) is 5.41. The maximum absolute atomic E-state index is 12.3. The molecule has 0 saturated heterocycles. The van der Waals surface area contributed by atoms with Gasteiger partial charge < -0.3 is 10.4 Å². The molecule has 6 nitrogen and oxygen atoms in total. The average molecular weight is 274 g/mol. The standard InChI is InChI=1S/C14H18N4O2/c1-8-6-9(2)18-13(16-8)10(7-15-18)14(20)17-11-4-3-5-12(11)19/h6-7,11-12,19H,3-5H2,1-2H3,(H,17,20)/t11?,12-/m1/s1. The maximum atomic E-state index is 12.3. The van der Waals surface area contributed by atoms with Crippen LogP contribution in [-0.2, 0) is 0 Å². The predicted octanol–water partition coefficient (Wildman–Crippen LogP) is 0.989. The van der Waals surface area contributed by atoms with Crippen LogP contribution in [0.1, 0.15) is 41.0 Å². The van der Waals surface area contributed by atoms with E-state index in [1.165, 1.54) is 6.20 Å². The number of rotatable bonds is 2. The molecule has 0 aromatic carbocycles. The minimum atomic E-state index is -0.447.